The molecule has 0 aliphatic carbocycles. The number of aryl methyl sites for hydroxylation is 1. The van der Waals surface area contributed by atoms with E-state index < -0.39 is 0 Å². The summed E-state index contributed by atoms with van der Waals surface area (Å²) in [6, 6.07) is 26.6. The maximum absolute atomic E-state index is 6.19. The van der Waals surface area contributed by atoms with Gasteiger partial charge in [-0.3, -0.25) is 4.98 Å². The van der Waals surface area contributed by atoms with Gasteiger partial charge >= 0.3 is 0 Å². The molecular formula is C26H17NO2. The number of pyridine rings is 1. The Morgan fingerprint density at radius 3 is 2.38 bits per heavy atom. The molecule has 0 fully saturated rings. The molecule has 29 heavy (non-hydrogen) atoms. The lowest BCUT2D eigenvalue weighted by atomic mass is 10.0. The van der Waals surface area contributed by atoms with Crippen molar-refractivity contribution in [3.8, 4) is 22.6 Å². The van der Waals surface area contributed by atoms with Gasteiger partial charge in [-0.1, -0.05) is 60.7 Å². The van der Waals surface area contributed by atoms with Crippen LogP contribution in [-0.4, -0.2) is 4.98 Å². The van der Waals surface area contributed by atoms with Gasteiger partial charge in [0.05, 0.1) is 11.9 Å². The van der Waals surface area contributed by atoms with Crippen LogP contribution in [0, 0.1) is 6.92 Å². The quantitative estimate of drug-likeness (QED) is 0.317. The molecule has 3 heterocycles. The molecule has 0 bridgehead atoms. The van der Waals surface area contributed by atoms with Crippen LogP contribution in [0.25, 0.3) is 55.5 Å². The van der Waals surface area contributed by atoms with Crippen molar-refractivity contribution >= 4 is 32.9 Å². The summed E-state index contributed by atoms with van der Waals surface area (Å²) >= 11 is 0. The monoisotopic (exact) mass is 375 g/mol. The van der Waals surface area contributed by atoms with E-state index in [1.54, 1.807) is 0 Å². The molecule has 3 aromatic carbocycles. The van der Waals surface area contributed by atoms with Crippen LogP contribution < -0.4 is 0 Å². The van der Waals surface area contributed by atoms with Crippen LogP contribution in [0.2, 0.25) is 0 Å². The van der Waals surface area contributed by atoms with Crippen LogP contribution >= 0.6 is 0 Å². The predicted octanol–water partition coefficient (Wildman–Crippen LogP) is 7.37. The molecule has 3 aromatic heterocycles. The van der Waals surface area contributed by atoms with E-state index in [1.807, 2.05) is 42.6 Å². The van der Waals surface area contributed by atoms with Gasteiger partial charge in [0, 0.05) is 32.8 Å². The third-order valence-corrected chi connectivity index (χ3v) is 5.54. The van der Waals surface area contributed by atoms with Gasteiger partial charge in [-0.25, -0.2) is 0 Å². The van der Waals surface area contributed by atoms with Gasteiger partial charge in [0.1, 0.15) is 16.9 Å². The van der Waals surface area contributed by atoms with E-state index in [4.69, 9.17) is 13.8 Å². The Kier molecular flexibility index (Phi) is 3.38. The van der Waals surface area contributed by atoms with Crippen LogP contribution in [0.5, 0.6) is 0 Å². The summed E-state index contributed by atoms with van der Waals surface area (Å²) in [5, 5.41) is 3.30. The maximum atomic E-state index is 6.19. The Morgan fingerprint density at radius 1 is 0.690 bits per heavy atom. The summed E-state index contributed by atoms with van der Waals surface area (Å²) in [7, 11) is 0. The molecule has 0 aliphatic rings. The Hall–Kier alpha value is -3.85. The molecule has 6 aromatic rings. The van der Waals surface area contributed by atoms with Crippen molar-refractivity contribution in [3.05, 3.63) is 90.6 Å². The Balaban J connectivity index is 1.58. The standard InChI is InChI=1S/C26H17NO2/c1-16-21-14-22(27-15-24(21)29-25(16)17-8-3-2-4-9-17)20-12-7-11-19-18-10-5-6-13-23(18)28-26(19)20/h2-15H,1H3. The lowest BCUT2D eigenvalue weighted by Crippen LogP contribution is -1.84. The lowest BCUT2D eigenvalue weighted by molar-refractivity contribution is 0.627. The number of benzene rings is 3. The number of rotatable bonds is 2. The van der Waals surface area contributed by atoms with Crippen molar-refractivity contribution < 1.29 is 8.83 Å². The molecule has 0 amide bonds. The average Bonchev–Trinajstić information content (AvgIpc) is 3.32. The second-order valence-electron chi connectivity index (χ2n) is 7.27. The second kappa shape index (κ2) is 6.08. The first-order valence-electron chi connectivity index (χ1n) is 9.65. The van der Waals surface area contributed by atoms with Crippen molar-refractivity contribution in [2.24, 2.45) is 0 Å². The number of fused-ring (bicyclic) bond motifs is 4. The second-order valence-corrected chi connectivity index (χ2v) is 7.27. The minimum atomic E-state index is 0.793. The zero-order valence-electron chi connectivity index (χ0n) is 15.8. The number of hydrogen-bond donors (Lipinski definition) is 0. The van der Waals surface area contributed by atoms with E-state index in [1.165, 1.54) is 0 Å². The predicted molar refractivity (Wildman–Crippen MR) is 117 cm³/mol. The third-order valence-electron chi connectivity index (χ3n) is 5.54. The SMILES string of the molecule is Cc1c(-c2ccccc2)oc2cnc(-c3cccc4c3oc3ccccc34)cc12. The molecule has 0 atom stereocenters. The fourth-order valence-corrected chi connectivity index (χ4v) is 4.09. The summed E-state index contributed by atoms with van der Waals surface area (Å²) in [6.45, 7) is 2.10. The Labute approximate surface area is 167 Å². The topological polar surface area (TPSA) is 39.2 Å². The average molecular weight is 375 g/mol. The van der Waals surface area contributed by atoms with Crippen molar-refractivity contribution in [3.63, 3.8) is 0 Å². The number of para-hydroxylation sites is 2. The van der Waals surface area contributed by atoms with Crippen LogP contribution in [0.3, 0.4) is 0 Å². The molecule has 0 aliphatic heterocycles. The summed E-state index contributed by atoms with van der Waals surface area (Å²) in [6.07, 6.45) is 1.81. The summed E-state index contributed by atoms with van der Waals surface area (Å²) in [4.78, 5) is 4.69. The first-order chi connectivity index (χ1) is 14.3. The van der Waals surface area contributed by atoms with Crippen LogP contribution in [0.1, 0.15) is 5.56 Å². The molecule has 3 heteroatoms. The smallest absolute Gasteiger partial charge is 0.153 e. The number of nitrogens with zero attached hydrogens (tertiary/aromatic N) is 1. The first kappa shape index (κ1) is 16.1. The van der Waals surface area contributed by atoms with Crippen LogP contribution in [-0.2, 0) is 0 Å². The minimum Gasteiger partial charge on any atom is -0.455 e. The van der Waals surface area contributed by atoms with Crippen LogP contribution in [0.15, 0.2) is 93.9 Å². The van der Waals surface area contributed by atoms with E-state index >= 15 is 0 Å². The van der Waals surface area contributed by atoms with Gasteiger partial charge in [-0.2, -0.15) is 0 Å². The van der Waals surface area contributed by atoms with E-state index in [0.717, 1.165) is 61.1 Å². The number of hydrogen-bond acceptors (Lipinski definition) is 3. The number of aromatic nitrogens is 1. The van der Waals surface area contributed by atoms with Crippen LogP contribution in [0.4, 0.5) is 0 Å². The third kappa shape index (κ3) is 2.41. The normalized spacial score (nSPS) is 11.6. The largest absolute Gasteiger partial charge is 0.455 e. The zero-order chi connectivity index (χ0) is 19.4. The fraction of sp³-hybridized carbons (Fsp3) is 0.0385. The zero-order valence-corrected chi connectivity index (χ0v) is 15.8. The molecule has 0 radical (unpaired) electrons. The highest BCUT2D eigenvalue weighted by Crippen LogP contribution is 2.38. The highest BCUT2D eigenvalue weighted by molar-refractivity contribution is 6.09. The Bertz CT molecular complexity index is 1510. The molecule has 3 nitrogen and oxygen atoms in total. The van der Waals surface area contributed by atoms with Crippen molar-refractivity contribution in [2.45, 2.75) is 6.92 Å². The van der Waals surface area contributed by atoms with Crippen molar-refractivity contribution in [1.82, 2.24) is 4.98 Å². The highest BCUT2D eigenvalue weighted by atomic mass is 16.3. The van der Waals surface area contributed by atoms with E-state index in [9.17, 15) is 0 Å². The molecule has 0 saturated heterocycles. The fourth-order valence-electron chi connectivity index (χ4n) is 4.09. The Morgan fingerprint density at radius 2 is 1.48 bits per heavy atom. The van der Waals surface area contributed by atoms with Gasteiger partial charge in [-0.05, 0) is 25.1 Å². The summed E-state index contributed by atoms with van der Waals surface area (Å²) < 4.78 is 12.3. The van der Waals surface area contributed by atoms with Gasteiger partial charge in [-0.15, -0.1) is 0 Å². The minimum absolute atomic E-state index is 0.793. The van der Waals surface area contributed by atoms with Gasteiger partial charge in [0.15, 0.2) is 5.58 Å². The highest BCUT2D eigenvalue weighted by Gasteiger charge is 2.16. The van der Waals surface area contributed by atoms with E-state index in [2.05, 4.69) is 49.4 Å². The molecule has 0 unspecified atom stereocenters. The molecule has 0 spiro atoms. The van der Waals surface area contributed by atoms with E-state index in [-0.39, 0.29) is 0 Å². The van der Waals surface area contributed by atoms with Crippen molar-refractivity contribution in [2.75, 3.05) is 0 Å². The van der Waals surface area contributed by atoms with Gasteiger partial charge in [0.25, 0.3) is 0 Å². The van der Waals surface area contributed by atoms with E-state index in [0.29, 0.717) is 0 Å². The lowest BCUT2D eigenvalue weighted by Gasteiger charge is -2.02. The van der Waals surface area contributed by atoms with Crippen molar-refractivity contribution in [1.29, 1.82) is 0 Å². The van der Waals surface area contributed by atoms with Gasteiger partial charge in [0.2, 0.25) is 0 Å². The number of furan rings is 2. The molecule has 0 saturated carbocycles. The summed E-state index contributed by atoms with van der Waals surface area (Å²) in [5.74, 6) is 0.890. The first-order valence-corrected chi connectivity index (χ1v) is 9.65. The molecule has 138 valence electrons. The maximum Gasteiger partial charge on any atom is 0.153 e. The molecule has 6 rings (SSSR count). The molecular weight excluding hydrogens is 358 g/mol. The molecule has 0 N–H and O–H groups in total. The van der Waals surface area contributed by atoms with Gasteiger partial charge < -0.3 is 8.83 Å². The summed E-state index contributed by atoms with van der Waals surface area (Å²) in [5.41, 5.74) is 6.61.